The van der Waals surface area contributed by atoms with Gasteiger partial charge in [-0.15, -0.1) is 26.3 Å². The molecule has 4 aromatic rings. The molecule has 0 spiro atoms. The standard InChI is InChI=1S/C45H50B2N2/c1-5-20-34-24-10-14-28-38(34)42(39-29-15-11-25-35(39)21-6-2)44(48)46-32-18-9-19-33-47-45(49)43(40-30-16-12-26-36(40)22-7-3)41-31-17-13-27-37(41)23-8-4/h5-8,10-17,24-31,42-43,48-49H,1-4,9,18-23,32-33H2. The Bertz CT molecular complexity index is 1500. The summed E-state index contributed by atoms with van der Waals surface area (Å²) in [6.07, 6.45) is 15.6. The van der Waals surface area contributed by atoms with Gasteiger partial charge in [-0.25, -0.2) is 0 Å². The van der Waals surface area contributed by atoms with E-state index in [1.165, 1.54) is 44.5 Å². The molecule has 0 fully saturated rings. The lowest BCUT2D eigenvalue weighted by molar-refractivity contribution is 0.767. The van der Waals surface area contributed by atoms with Crippen molar-refractivity contribution in [3.8, 4) is 0 Å². The van der Waals surface area contributed by atoms with E-state index in [0.717, 1.165) is 57.6 Å². The van der Waals surface area contributed by atoms with Crippen LogP contribution in [0.25, 0.3) is 0 Å². The lowest BCUT2D eigenvalue weighted by Gasteiger charge is -2.25. The Morgan fingerprint density at radius 2 is 0.714 bits per heavy atom. The van der Waals surface area contributed by atoms with Gasteiger partial charge in [0.25, 0.3) is 0 Å². The van der Waals surface area contributed by atoms with Crippen molar-refractivity contribution < 1.29 is 0 Å². The summed E-state index contributed by atoms with van der Waals surface area (Å²) in [4.78, 5) is 0. The van der Waals surface area contributed by atoms with E-state index in [4.69, 9.17) is 0 Å². The molecule has 2 radical (unpaired) electrons. The monoisotopic (exact) mass is 640 g/mol. The first-order chi connectivity index (χ1) is 24.0. The highest BCUT2D eigenvalue weighted by molar-refractivity contribution is 6.76. The van der Waals surface area contributed by atoms with E-state index < -0.39 is 0 Å². The van der Waals surface area contributed by atoms with Crippen LogP contribution in [0.4, 0.5) is 0 Å². The first-order valence-corrected chi connectivity index (χ1v) is 17.6. The van der Waals surface area contributed by atoms with Crippen LogP contribution in [0.3, 0.4) is 0 Å². The van der Waals surface area contributed by atoms with Crippen LogP contribution < -0.4 is 0 Å². The molecule has 0 unspecified atom stereocenters. The minimum Gasteiger partial charge on any atom is -0.319 e. The van der Waals surface area contributed by atoms with Gasteiger partial charge in [0.05, 0.1) is 0 Å². The highest BCUT2D eigenvalue weighted by Gasteiger charge is 2.25. The van der Waals surface area contributed by atoms with Gasteiger partial charge in [0.2, 0.25) is 0 Å². The number of rotatable bonds is 22. The Balaban J connectivity index is 1.40. The Morgan fingerprint density at radius 1 is 0.449 bits per heavy atom. The first kappa shape index (κ1) is 37.1. The van der Waals surface area contributed by atoms with E-state index in [2.05, 4.69) is 138 Å². The summed E-state index contributed by atoms with van der Waals surface area (Å²) in [6, 6.07) is 33.9. The van der Waals surface area contributed by atoms with E-state index in [-0.39, 0.29) is 11.8 Å². The number of hydrogen-bond acceptors (Lipinski definition) is 2. The third-order valence-corrected chi connectivity index (χ3v) is 9.18. The summed E-state index contributed by atoms with van der Waals surface area (Å²) in [7, 11) is 4.24. The van der Waals surface area contributed by atoms with Crippen LogP contribution >= 0.6 is 0 Å². The van der Waals surface area contributed by atoms with Crippen molar-refractivity contribution in [3.05, 3.63) is 192 Å². The summed E-state index contributed by atoms with van der Waals surface area (Å²) in [6.45, 7) is 15.9. The molecule has 0 saturated carbocycles. The molecule has 49 heavy (non-hydrogen) atoms. The number of nitrogens with one attached hydrogen (secondary N) is 2. The zero-order valence-electron chi connectivity index (χ0n) is 29.0. The van der Waals surface area contributed by atoms with Gasteiger partial charge >= 0.3 is 0 Å². The number of benzene rings is 4. The smallest absolute Gasteiger partial charge is 0.172 e. The van der Waals surface area contributed by atoms with Crippen LogP contribution in [-0.4, -0.2) is 25.8 Å². The topological polar surface area (TPSA) is 47.7 Å². The van der Waals surface area contributed by atoms with E-state index in [9.17, 15) is 10.8 Å². The molecule has 0 saturated heterocycles. The zero-order valence-corrected chi connectivity index (χ0v) is 29.0. The maximum atomic E-state index is 9.30. The van der Waals surface area contributed by atoms with Crippen LogP contribution in [0.15, 0.2) is 148 Å². The fourth-order valence-corrected chi connectivity index (χ4v) is 6.85. The van der Waals surface area contributed by atoms with Gasteiger partial charge in [-0.1, -0.05) is 153 Å². The summed E-state index contributed by atoms with van der Waals surface area (Å²) in [5.41, 5.74) is 10.8. The Kier molecular flexibility index (Phi) is 15.1. The zero-order chi connectivity index (χ0) is 34.8. The molecule has 0 atom stereocenters. The SMILES string of the molecule is C=CCc1ccccc1C(C(=N)[B]CCCCC[B]C(=N)C(c1ccccc1CC=C)c1ccccc1CC=C)c1ccccc1CC=C. The molecule has 246 valence electrons. The fourth-order valence-electron chi connectivity index (χ4n) is 6.85. The second kappa shape index (κ2) is 20.0. The third kappa shape index (κ3) is 10.2. The van der Waals surface area contributed by atoms with Crippen LogP contribution in [0.5, 0.6) is 0 Å². The van der Waals surface area contributed by atoms with Crippen molar-refractivity contribution in [2.45, 2.75) is 69.4 Å². The van der Waals surface area contributed by atoms with Crippen molar-refractivity contribution in [2.24, 2.45) is 0 Å². The summed E-state index contributed by atoms with van der Waals surface area (Å²) >= 11 is 0. The molecule has 2 N–H and O–H groups in total. The van der Waals surface area contributed by atoms with Gasteiger partial charge in [0.1, 0.15) is 0 Å². The minimum absolute atomic E-state index is 0.133. The van der Waals surface area contributed by atoms with E-state index in [1.54, 1.807) is 0 Å². The second-order valence-corrected chi connectivity index (χ2v) is 12.6. The lowest BCUT2D eigenvalue weighted by Crippen LogP contribution is -2.22. The summed E-state index contributed by atoms with van der Waals surface area (Å²) < 4.78 is 0. The van der Waals surface area contributed by atoms with Gasteiger partial charge in [-0.3, -0.25) is 0 Å². The molecule has 2 nitrogen and oxygen atoms in total. The van der Waals surface area contributed by atoms with Crippen molar-refractivity contribution in [2.75, 3.05) is 0 Å². The van der Waals surface area contributed by atoms with E-state index >= 15 is 0 Å². The van der Waals surface area contributed by atoms with Crippen LogP contribution in [0, 0.1) is 10.8 Å². The van der Waals surface area contributed by atoms with E-state index in [1.807, 2.05) is 24.3 Å². The highest BCUT2D eigenvalue weighted by Crippen LogP contribution is 2.33. The summed E-state index contributed by atoms with van der Waals surface area (Å²) in [5.74, 6) is -0.267. The Labute approximate surface area is 297 Å². The Morgan fingerprint density at radius 3 is 0.980 bits per heavy atom. The molecule has 4 heteroatoms. The van der Waals surface area contributed by atoms with Crippen molar-refractivity contribution in [3.63, 3.8) is 0 Å². The molecule has 0 bridgehead atoms. The van der Waals surface area contributed by atoms with Gasteiger partial charge in [0, 0.05) is 11.8 Å². The largest absolute Gasteiger partial charge is 0.319 e. The normalized spacial score (nSPS) is 10.8. The highest BCUT2D eigenvalue weighted by atomic mass is 14.4. The quantitative estimate of drug-likeness (QED) is 0.0372. The first-order valence-electron chi connectivity index (χ1n) is 17.6. The van der Waals surface area contributed by atoms with Crippen LogP contribution in [-0.2, 0) is 25.7 Å². The molecule has 0 aliphatic heterocycles. The predicted octanol–water partition coefficient (Wildman–Crippen LogP) is 10.9. The lowest BCUT2D eigenvalue weighted by atomic mass is 9.59. The third-order valence-electron chi connectivity index (χ3n) is 9.18. The molecular formula is C45H50B2N2. The molecule has 0 aliphatic carbocycles. The molecular weight excluding hydrogens is 590 g/mol. The number of hydrogen-bond donors (Lipinski definition) is 2. The van der Waals surface area contributed by atoms with Gasteiger partial charge < -0.3 is 10.8 Å². The second-order valence-electron chi connectivity index (χ2n) is 12.6. The maximum Gasteiger partial charge on any atom is 0.172 e. The van der Waals surface area contributed by atoms with Crippen molar-refractivity contribution in [1.82, 2.24) is 0 Å². The van der Waals surface area contributed by atoms with Crippen LogP contribution in [0.2, 0.25) is 12.6 Å². The summed E-state index contributed by atoms with van der Waals surface area (Å²) in [5, 5.41) is 18.6. The van der Waals surface area contributed by atoms with Gasteiger partial charge in [-0.05, 0) is 81.4 Å². The van der Waals surface area contributed by atoms with Gasteiger partial charge in [0.15, 0.2) is 14.6 Å². The molecule has 4 aromatic carbocycles. The molecule has 4 rings (SSSR count). The number of unbranched alkanes of at least 4 members (excludes halogenated alkanes) is 2. The van der Waals surface area contributed by atoms with Crippen LogP contribution in [0.1, 0.15) is 75.6 Å². The predicted molar refractivity (Wildman–Crippen MR) is 215 cm³/mol. The van der Waals surface area contributed by atoms with E-state index in [0.29, 0.717) is 11.2 Å². The number of allylic oxidation sites excluding steroid dienone is 4. The average Bonchev–Trinajstić information content (AvgIpc) is 3.11. The van der Waals surface area contributed by atoms with Gasteiger partial charge in [-0.2, -0.15) is 0 Å². The molecule has 0 aliphatic rings. The molecule has 0 heterocycles. The Hall–Kier alpha value is -4.69. The molecule has 0 aromatic heterocycles. The fraction of sp³-hybridized carbons (Fsp3) is 0.244. The average molecular weight is 641 g/mol. The maximum absolute atomic E-state index is 9.30. The minimum atomic E-state index is -0.133. The van der Waals surface area contributed by atoms with Crippen molar-refractivity contribution >= 4 is 25.8 Å². The van der Waals surface area contributed by atoms with Crippen molar-refractivity contribution in [1.29, 1.82) is 10.8 Å². The molecule has 0 amide bonds.